The maximum atomic E-state index is 12.4. The summed E-state index contributed by atoms with van der Waals surface area (Å²) in [7, 11) is -7.31. The van der Waals surface area contributed by atoms with Crippen LogP contribution in [0.1, 0.15) is 224 Å². The number of hydrazine groups is 1. The fraction of sp³-hybridized carbons (Fsp3) is 0.322. The van der Waals surface area contributed by atoms with Crippen molar-refractivity contribution in [2.24, 2.45) is 10.9 Å². The molecule has 6 aliphatic carbocycles. The standard InChI is InChI=1S/C23H24N2O2S.C18H18O2.C16H16O.C16H14O.C14H23BO4.C11H10N2O.C10H7Br.C7H10N2O2S.C2HF3O2.CH4/c1-17-9-15-21(16-10-17)28(26,27)25-24-20-13-11-19(12-14-20)23-8-4-6-18-5-2-3-7-22(18)23;1-2-6-16-14(4-1)5-3-7-17(16)15-8-10-18(11-9-15)19-12-13-20-18;2*17-14-10-8-13(9-11-14)16-7-3-5-12-4-1-2-6-15(12)16;1-12(2)13(3,4)19-15(18-12)11-5-7-14(8-6-11)16-9-10-17-14;14-6-10-9(8-1-2-8)3-4-13-7-12-5-11(10)13;11-10-7-3-5-8-4-1-2-6-9(8)10;1-6-2-4-7(5-3-6)12(10,11)9-8;3-2(4,5)1(6)7;/h2-10,15-16,19,25H,11-14H2,1H3;1-8H,9-13H2;1-7,13H,8-11H2;1-8H,9-11H2;5H,6-10H2,1-4H3;3-8H,1-2H2;1-7H;2-5,9H,8H2,1H3;(H,6,7);1H4. The van der Waals surface area contributed by atoms with Crippen molar-refractivity contribution in [3.63, 3.8) is 0 Å². The monoisotopic (exact) mass is 2080 g/mol. The topological polar surface area (TPSA) is 292 Å². The average Bonchev–Trinajstić information content (AvgIpc) is 1.56. The van der Waals surface area contributed by atoms with Crippen molar-refractivity contribution in [2.75, 3.05) is 26.4 Å². The summed E-state index contributed by atoms with van der Waals surface area (Å²) in [5.74, 6) is 3.84. The van der Waals surface area contributed by atoms with Gasteiger partial charge < -0.3 is 37.8 Å². The Bertz CT molecular complexity index is 7260. The number of sulfonamides is 2. The van der Waals surface area contributed by atoms with Crippen LogP contribution in [0.4, 0.5) is 13.2 Å². The zero-order valence-electron chi connectivity index (χ0n) is 82.4. The molecule has 3 saturated carbocycles. The number of rotatable bonds is 12. The van der Waals surface area contributed by atoms with E-state index in [0.717, 1.165) is 148 Å². The molecule has 2 aromatic heterocycles. The summed E-state index contributed by atoms with van der Waals surface area (Å²) in [6, 6.07) is 89.7. The fourth-order valence-corrected chi connectivity index (χ4v) is 21.2. The number of nitrogens with two attached hydrogens (primary N) is 1. The highest BCUT2D eigenvalue weighted by molar-refractivity contribution is 9.10. The Morgan fingerprint density at radius 1 is 0.493 bits per heavy atom. The number of carboxylic acid groups (broad SMARTS) is 1. The van der Waals surface area contributed by atoms with E-state index in [1.807, 2.05) is 42.6 Å². The number of Topliss-reactive ketones (excluding diaryl/α,β-unsaturated/α-hetero) is 2. The first-order valence-corrected chi connectivity index (χ1v) is 53.2. The van der Waals surface area contributed by atoms with E-state index in [0.29, 0.717) is 55.4 Å². The largest absolute Gasteiger partial charge is 0.490 e. The van der Waals surface area contributed by atoms with Crippen LogP contribution in [0.5, 0.6) is 0 Å². The molecule has 28 heteroatoms. The Morgan fingerprint density at radius 3 is 1.34 bits per heavy atom. The minimum absolute atomic E-state index is 0. The van der Waals surface area contributed by atoms with Crippen molar-refractivity contribution in [3.05, 3.63) is 358 Å². The molecule has 0 unspecified atom stereocenters. The van der Waals surface area contributed by atoms with Gasteiger partial charge in [0.2, 0.25) is 0 Å². The van der Waals surface area contributed by atoms with Crippen molar-refractivity contribution in [2.45, 2.75) is 227 Å². The number of hydrazone groups is 1. The molecule has 2 spiro atoms. The van der Waals surface area contributed by atoms with Gasteiger partial charge in [0.25, 0.3) is 20.0 Å². The molecule has 6 fully saturated rings. The number of nitrogens with one attached hydrogen (secondary N) is 2. The molecule has 0 radical (unpaired) electrons. The predicted octanol–water partition coefficient (Wildman–Crippen LogP) is 26.8. The number of carbonyl (C=O) groups is 4. The number of aromatic nitrogens is 2. The Balaban J connectivity index is 0.000000132. The van der Waals surface area contributed by atoms with Gasteiger partial charge >= 0.3 is 19.3 Å². The SMILES string of the molecule is Brc1cccc2ccccc12.C.C1=C(c2cccc3ccccc23)CCC2(C1)OCCO2.CC1(C)OB(C2=CCC3(CC2)OCCO3)OC1(C)C.Cc1ccc(S(=O)(=O)NN)cc1.Cc1ccc(S(=O)(=O)NN=C2CCC(c3cccc4ccccc34)CC2)cc1.O=C(O)C(F)(F)F.O=C1CC=C(c2cccc3ccccc23)CC1.O=C1CCC(c2cccc3ccccc23)CC1.O=Cc1c(C2CC2)ccn2cncc12. The predicted molar refractivity (Wildman–Crippen MR) is 578 cm³/mol. The van der Waals surface area contributed by atoms with Crippen LogP contribution in [0.3, 0.4) is 0 Å². The Hall–Kier alpha value is -12.3. The molecular weight excluding hydrogens is 1950 g/mol. The fourth-order valence-electron chi connectivity index (χ4n) is 19.2. The minimum Gasteiger partial charge on any atom is -0.475 e. The minimum atomic E-state index is -5.08. The molecular formula is C118H127BBrF3N6O15S2. The van der Waals surface area contributed by atoms with Crippen molar-refractivity contribution in [3.8, 4) is 0 Å². The number of ketones is 2. The number of aldehydes is 1. The number of hydrogen-bond acceptors (Lipinski definition) is 17. The number of nitrogens with zero attached hydrogens (tertiary/aromatic N) is 3. The third kappa shape index (κ3) is 28.2. The van der Waals surface area contributed by atoms with Crippen LogP contribution < -0.4 is 15.5 Å². The number of allylic oxidation sites excluding steroid dienone is 4. The van der Waals surface area contributed by atoms with Gasteiger partial charge in [-0.25, -0.2) is 23.0 Å². The maximum Gasteiger partial charge on any atom is 0.490 e. The second-order valence-electron chi connectivity index (χ2n) is 38.5. The first-order valence-electron chi connectivity index (χ1n) is 49.4. The van der Waals surface area contributed by atoms with E-state index in [2.05, 4.69) is 277 Å². The van der Waals surface area contributed by atoms with Crippen molar-refractivity contribution < 1.29 is 82.5 Å². The molecule has 0 bridgehead atoms. The lowest BCUT2D eigenvalue weighted by Gasteiger charge is -2.32. The second kappa shape index (κ2) is 49.5. The molecule has 0 amide bonds. The van der Waals surface area contributed by atoms with E-state index in [9.17, 15) is 44.4 Å². The normalized spacial score (nSPS) is 18.1. The van der Waals surface area contributed by atoms with Gasteiger partial charge in [0.1, 0.15) is 11.6 Å². The number of aryl methyl sites for hydroxylation is 2. The Labute approximate surface area is 862 Å². The molecule has 762 valence electrons. The number of carboxylic acids is 1. The van der Waals surface area contributed by atoms with E-state index in [4.69, 9.17) is 44.0 Å². The van der Waals surface area contributed by atoms with Gasteiger partial charge in [0.15, 0.2) is 17.9 Å². The van der Waals surface area contributed by atoms with E-state index >= 15 is 0 Å². The van der Waals surface area contributed by atoms with E-state index in [1.165, 1.54) is 123 Å². The number of pyridine rings is 1. The number of imidazole rings is 1. The number of halogens is 4. The Morgan fingerprint density at radius 2 is 0.904 bits per heavy atom. The molecule has 23 rings (SSSR count). The van der Waals surface area contributed by atoms with Crippen molar-refractivity contribution >= 4 is 143 Å². The summed E-state index contributed by atoms with van der Waals surface area (Å²) in [6.07, 6.45) is 25.1. The summed E-state index contributed by atoms with van der Waals surface area (Å²) >= 11 is 3.50. The van der Waals surface area contributed by atoms with Gasteiger partial charge in [-0.3, -0.25) is 20.2 Å². The number of hydrogen-bond donors (Lipinski definition) is 4. The summed E-state index contributed by atoms with van der Waals surface area (Å²) < 4.78 is 117. The molecule has 9 aliphatic rings. The summed E-state index contributed by atoms with van der Waals surface area (Å²) in [5, 5.41) is 24.3. The molecule has 12 aromatic carbocycles. The van der Waals surface area contributed by atoms with Crippen LogP contribution in [0.25, 0.3) is 70.5 Å². The van der Waals surface area contributed by atoms with E-state index in [1.54, 1.807) is 53.8 Å². The maximum absolute atomic E-state index is 12.4. The zero-order valence-corrected chi connectivity index (χ0v) is 85.6. The zero-order chi connectivity index (χ0) is 103. The first-order chi connectivity index (χ1) is 69.7. The molecule has 5 N–H and O–H groups in total. The third-order valence-electron chi connectivity index (χ3n) is 28.2. The first kappa shape index (κ1) is 109. The van der Waals surface area contributed by atoms with Crippen LogP contribution >= 0.6 is 15.9 Å². The van der Waals surface area contributed by atoms with Crippen LogP contribution in [-0.4, -0.2) is 123 Å². The molecule has 3 aliphatic heterocycles. The lowest BCUT2D eigenvalue weighted by molar-refractivity contribution is -0.192. The molecule has 5 heterocycles. The Kier molecular flexibility index (Phi) is 37.1. The number of benzene rings is 12. The highest BCUT2D eigenvalue weighted by Gasteiger charge is 2.54. The van der Waals surface area contributed by atoms with Crippen LogP contribution in [0.2, 0.25) is 0 Å². The van der Waals surface area contributed by atoms with Crippen LogP contribution in [0, 0.1) is 13.8 Å². The summed E-state index contributed by atoms with van der Waals surface area (Å²) in [4.78, 5) is 51.1. The third-order valence-corrected chi connectivity index (χ3v) is 31.3. The van der Waals surface area contributed by atoms with Gasteiger partial charge in [-0.15, -0.1) is 0 Å². The van der Waals surface area contributed by atoms with E-state index in [-0.39, 0.29) is 47.1 Å². The van der Waals surface area contributed by atoms with Crippen molar-refractivity contribution in [1.82, 2.24) is 19.0 Å². The molecule has 3 saturated heterocycles. The average molecular weight is 2080 g/mol. The number of ether oxygens (including phenoxy) is 4. The van der Waals surface area contributed by atoms with Crippen LogP contribution in [0.15, 0.2) is 329 Å². The van der Waals surface area contributed by atoms with Gasteiger partial charge in [-0.1, -0.05) is 283 Å². The lowest BCUT2D eigenvalue weighted by Crippen LogP contribution is -2.41. The molecule has 14 aromatic rings. The number of fused-ring (bicyclic) bond motifs is 6. The summed E-state index contributed by atoms with van der Waals surface area (Å²) in [5.41, 5.74) is 14.8. The molecule has 0 atom stereocenters. The number of alkyl halides is 3. The van der Waals surface area contributed by atoms with Crippen molar-refractivity contribution in [1.29, 1.82) is 0 Å². The molecule has 146 heavy (non-hydrogen) atoms. The van der Waals surface area contributed by atoms with Gasteiger partial charge in [-0.2, -0.15) is 31.5 Å². The van der Waals surface area contributed by atoms with Gasteiger partial charge in [0.05, 0.1) is 65.5 Å². The number of carbonyl (C=O) groups excluding carboxylic acids is 3. The lowest BCUT2D eigenvalue weighted by atomic mass is 9.71. The second-order valence-corrected chi connectivity index (χ2v) is 42.7. The highest BCUT2D eigenvalue weighted by atomic mass is 79.9. The van der Waals surface area contributed by atoms with Crippen LogP contribution in [-0.2, 0) is 62.7 Å². The summed E-state index contributed by atoms with van der Waals surface area (Å²) in [6.45, 7) is 15.0. The van der Waals surface area contributed by atoms with E-state index < -0.39 is 32.2 Å². The van der Waals surface area contributed by atoms with Gasteiger partial charge in [0, 0.05) is 73.3 Å². The smallest absolute Gasteiger partial charge is 0.475 e. The van der Waals surface area contributed by atoms with Gasteiger partial charge in [-0.05, 0) is 265 Å². The quantitative estimate of drug-likeness (QED) is 0.0382. The number of aliphatic carboxylic acids is 1. The highest BCUT2D eigenvalue weighted by Crippen LogP contribution is 2.47. The molecule has 21 nitrogen and oxygen atoms in total.